The topological polar surface area (TPSA) is 89.9 Å². The summed E-state index contributed by atoms with van der Waals surface area (Å²) in [5.41, 5.74) is 1.18. The number of hydrogen-bond donors (Lipinski definition) is 3. The van der Waals surface area contributed by atoms with E-state index in [1.165, 1.54) is 0 Å². The number of benzene rings is 1. The summed E-state index contributed by atoms with van der Waals surface area (Å²) >= 11 is 0. The summed E-state index contributed by atoms with van der Waals surface area (Å²) in [5.74, 6) is -0.300. The third-order valence-corrected chi connectivity index (χ3v) is 5.84. The van der Waals surface area contributed by atoms with Crippen molar-refractivity contribution in [3.8, 4) is 0 Å². The maximum atomic E-state index is 12.8. The Kier molecular flexibility index (Phi) is 3.62. The zero-order valence-corrected chi connectivity index (χ0v) is 13.4. The van der Waals surface area contributed by atoms with Gasteiger partial charge < -0.3 is 20.4 Å². The summed E-state index contributed by atoms with van der Waals surface area (Å²) < 4.78 is 0. The fourth-order valence-corrected chi connectivity index (χ4v) is 4.39. The summed E-state index contributed by atoms with van der Waals surface area (Å²) in [6.07, 6.45) is 0.390. The van der Waals surface area contributed by atoms with Crippen LogP contribution in [0.5, 0.6) is 0 Å². The van der Waals surface area contributed by atoms with Gasteiger partial charge in [0.25, 0.3) is 0 Å². The summed E-state index contributed by atoms with van der Waals surface area (Å²) in [7, 11) is 0. The largest absolute Gasteiger partial charge is 0.390 e. The minimum Gasteiger partial charge on any atom is -0.390 e. The predicted octanol–water partition coefficient (Wildman–Crippen LogP) is 0.631. The molecular weight excluding hydrogens is 308 g/mol. The van der Waals surface area contributed by atoms with E-state index in [1.54, 1.807) is 4.90 Å². The van der Waals surface area contributed by atoms with Crippen molar-refractivity contribution < 1.29 is 19.8 Å². The molecule has 4 atom stereocenters. The first kappa shape index (κ1) is 15.6. The Morgan fingerprint density at radius 1 is 1.21 bits per heavy atom. The molecule has 1 aliphatic carbocycles. The lowest BCUT2D eigenvalue weighted by Crippen LogP contribution is -2.44. The molecule has 6 nitrogen and oxygen atoms in total. The second kappa shape index (κ2) is 5.57. The first-order valence-corrected chi connectivity index (χ1v) is 8.57. The van der Waals surface area contributed by atoms with Crippen LogP contribution in [0.4, 0.5) is 5.69 Å². The first-order valence-electron chi connectivity index (χ1n) is 8.57. The number of para-hydroxylation sites is 1. The second-order valence-corrected chi connectivity index (χ2v) is 7.24. The molecule has 1 saturated carbocycles. The van der Waals surface area contributed by atoms with Crippen molar-refractivity contribution in [3.63, 3.8) is 0 Å². The van der Waals surface area contributed by atoms with Crippen LogP contribution in [0, 0.1) is 5.92 Å². The van der Waals surface area contributed by atoms with E-state index in [9.17, 15) is 19.8 Å². The fraction of sp³-hybridized carbons (Fsp3) is 0.556. The number of aliphatic hydroxyl groups excluding tert-OH is 2. The Morgan fingerprint density at radius 3 is 2.79 bits per heavy atom. The second-order valence-electron chi connectivity index (χ2n) is 7.24. The van der Waals surface area contributed by atoms with Gasteiger partial charge in [0.15, 0.2) is 0 Å². The fourth-order valence-electron chi connectivity index (χ4n) is 4.39. The highest BCUT2D eigenvalue weighted by molar-refractivity contribution is 6.07. The molecule has 24 heavy (non-hydrogen) atoms. The summed E-state index contributed by atoms with van der Waals surface area (Å²) in [5, 5.41) is 22.4. The van der Waals surface area contributed by atoms with Crippen molar-refractivity contribution in [1.82, 2.24) is 4.90 Å². The Balaban J connectivity index is 1.53. The molecule has 4 unspecified atom stereocenters. The van der Waals surface area contributed by atoms with E-state index in [-0.39, 0.29) is 17.7 Å². The number of likely N-dealkylation sites (tertiary alicyclic amines) is 1. The average molecular weight is 330 g/mol. The number of amides is 2. The van der Waals surface area contributed by atoms with Crippen molar-refractivity contribution in [3.05, 3.63) is 29.8 Å². The Hall–Kier alpha value is -1.92. The van der Waals surface area contributed by atoms with Gasteiger partial charge in [0.2, 0.25) is 11.8 Å². The maximum absolute atomic E-state index is 12.8. The third kappa shape index (κ3) is 2.24. The predicted molar refractivity (Wildman–Crippen MR) is 87.3 cm³/mol. The van der Waals surface area contributed by atoms with Crippen LogP contribution < -0.4 is 5.32 Å². The number of rotatable bonds is 1. The molecule has 128 valence electrons. The van der Waals surface area contributed by atoms with Crippen molar-refractivity contribution in [2.24, 2.45) is 5.92 Å². The van der Waals surface area contributed by atoms with Crippen LogP contribution >= 0.6 is 0 Å². The molecule has 0 radical (unpaired) electrons. The SMILES string of the molecule is O=C(C1CCC(O)C(O)C1)N1CCC2(C1)C(=O)Nc1ccccc12. The zero-order valence-electron chi connectivity index (χ0n) is 13.4. The Morgan fingerprint density at radius 2 is 2.00 bits per heavy atom. The van der Waals surface area contributed by atoms with Crippen LogP contribution in [-0.2, 0) is 15.0 Å². The molecule has 1 saturated heterocycles. The molecule has 6 heteroatoms. The standard InChI is InChI=1S/C18H22N2O4/c21-14-6-5-11(9-15(14)22)16(23)20-8-7-18(10-20)12-3-1-2-4-13(12)19-17(18)24/h1-4,11,14-15,21-22H,5-10H2,(H,19,24). The van der Waals surface area contributed by atoms with Crippen molar-refractivity contribution >= 4 is 17.5 Å². The molecule has 2 fully saturated rings. The molecule has 1 aromatic carbocycles. The highest BCUT2D eigenvalue weighted by Gasteiger charge is 2.52. The molecule has 1 spiro atoms. The molecule has 2 heterocycles. The number of nitrogens with one attached hydrogen (secondary N) is 1. The number of carbonyl (C=O) groups excluding carboxylic acids is 2. The van der Waals surface area contributed by atoms with Gasteiger partial charge in [-0.3, -0.25) is 9.59 Å². The molecule has 1 aromatic rings. The number of hydrogen-bond acceptors (Lipinski definition) is 4. The van der Waals surface area contributed by atoms with Crippen LogP contribution in [0.1, 0.15) is 31.2 Å². The molecule has 3 N–H and O–H groups in total. The van der Waals surface area contributed by atoms with Gasteiger partial charge in [-0.05, 0) is 37.3 Å². The number of fused-ring (bicyclic) bond motifs is 2. The Labute approximate surface area is 140 Å². The lowest BCUT2D eigenvalue weighted by Gasteiger charge is -2.32. The van der Waals surface area contributed by atoms with Gasteiger partial charge in [0.1, 0.15) is 0 Å². The van der Waals surface area contributed by atoms with Crippen molar-refractivity contribution in [2.45, 2.75) is 43.3 Å². The van der Waals surface area contributed by atoms with Crippen LogP contribution in [0.2, 0.25) is 0 Å². The molecular formula is C18H22N2O4. The molecule has 0 bridgehead atoms. The van der Waals surface area contributed by atoms with Gasteiger partial charge in [0.05, 0.1) is 17.6 Å². The van der Waals surface area contributed by atoms with Gasteiger partial charge >= 0.3 is 0 Å². The van der Waals surface area contributed by atoms with E-state index in [0.717, 1.165) is 11.3 Å². The molecule has 0 aromatic heterocycles. The van der Waals surface area contributed by atoms with Gasteiger partial charge in [-0.15, -0.1) is 0 Å². The van der Waals surface area contributed by atoms with Crippen LogP contribution in [0.25, 0.3) is 0 Å². The minimum atomic E-state index is -0.834. The summed E-state index contributed by atoms with van der Waals surface area (Å²) in [6, 6.07) is 7.67. The molecule has 4 rings (SSSR count). The molecule has 2 amide bonds. The van der Waals surface area contributed by atoms with Crippen molar-refractivity contribution in [1.29, 1.82) is 0 Å². The van der Waals surface area contributed by atoms with Crippen LogP contribution in [-0.4, -0.2) is 52.2 Å². The van der Waals surface area contributed by atoms with E-state index in [0.29, 0.717) is 38.8 Å². The number of nitrogens with zero attached hydrogens (tertiary/aromatic N) is 1. The summed E-state index contributed by atoms with van der Waals surface area (Å²) in [4.78, 5) is 27.1. The first-order chi connectivity index (χ1) is 11.5. The number of carbonyl (C=O) groups is 2. The number of aliphatic hydroxyl groups is 2. The van der Waals surface area contributed by atoms with Crippen LogP contribution in [0.15, 0.2) is 24.3 Å². The lowest BCUT2D eigenvalue weighted by molar-refractivity contribution is -0.139. The minimum absolute atomic E-state index is 0.00462. The van der Waals surface area contributed by atoms with E-state index in [1.807, 2.05) is 24.3 Å². The highest BCUT2D eigenvalue weighted by Crippen LogP contribution is 2.44. The van der Waals surface area contributed by atoms with Gasteiger partial charge in [0, 0.05) is 24.7 Å². The van der Waals surface area contributed by atoms with E-state index in [2.05, 4.69) is 5.32 Å². The number of anilines is 1. The van der Waals surface area contributed by atoms with Gasteiger partial charge in [-0.25, -0.2) is 0 Å². The van der Waals surface area contributed by atoms with Gasteiger partial charge in [-0.2, -0.15) is 0 Å². The lowest BCUT2D eigenvalue weighted by atomic mass is 9.81. The van der Waals surface area contributed by atoms with E-state index >= 15 is 0 Å². The van der Waals surface area contributed by atoms with Crippen molar-refractivity contribution in [2.75, 3.05) is 18.4 Å². The molecule has 2 aliphatic heterocycles. The van der Waals surface area contributed by atoms with Crippen LogP contribution in [0.3, 0.4) is 0 Å². The van der Waals surface area contributed by atoms with E-state index < -0.39 is 17.6 Å². The average Bonchev–Trinajstić information content (AvgIpc) is 3.14. The molecule has 3 aliphatic rings. The Bertz CT molecular complexity index is 691. The third-order valence-electron chi connectivity index (χ3n) is 5.84. The van der Waals surface area contributed by atoms with E-state index in [4.69, 9.17) is 0 Å². The monoisotopic (exact) mass is 330 g/mol. The highest BCUT2D eigenvalue weighted by atomic mass is 16.3. The quantitative estimate of drug-likeness (QED) is 0.704. The van der Waals surface area contributed by atoms with Gasteiger partial charge in [-0.1, -0.05) is 18.2 Å². The zero-order chi connectivity index (χ0) is 16.9. The smallest absolute Gasteiger partial charge is 0.236 e. The maximum Gasteiger partial charge on any atom is 0.236 e. The summed E-state index contributed by atoms with van der Waals surface area (Å²) in [6.45, 7) is 0.944. The normalized spacial score (nSPS) is 35.2.